The van der Waals surface area contributed by atoms with Crippen LogP contribution in [0.1, 0.15) is 0 Å². The zero-order valence-electron chi connectivity index (χ0n) is 8.65. The molecule has 0 radical (unpaired) electrons. The van der Waals surface area contributed by atoms with E-state index in [2.05, 4.69) is 57.5 Å². The molecular weight excluding hydrogens is 216 g/mol. The highest BCUT2D eigenvalue weighted by atomic mass is 32.1. The zero-order valence-corrected chi connectivity index (χ0v) is 9.47. The Bertz CT molecular complexity index is 567. The Hall–Kier alpha value is -1.87. The second-order valence-corrected chi connectivity index (χ2v) is 4.44. The molecule has 0 N–H and O–H groups in total. The van der Waals surface area contributed by atoms with Gasteiger partial charge in [-0.05, 0) is 29.6 Å². The molecule has 0 aliphatic rings. The summed E-state index contributed by atoms with van der Waals surface area (Å²) in [6.45, 7) is 0. The van der Waals surface area contributed by atoms with E-state index in [1.807, 2.05) is 18.2 Å². The van der Waals surface area contributed by atoms with Crippen LogP contribution in [-0.2, 0) is 0 Å². The van der Waals surface area contributed by atoms with Crippen molar-refractivity contribution in [2.75, 3.05) is 0 Å². The van der Waals surface area contributed by atoms with Crippen LogP contribution in [0.25, 0.3) is 10.7 Å². The molecule has 0 aliphatic heterocycles. The van der Waals surface area contributed by atoms with Crippen LogP contribution >= 0.6 is 11.3 Å². The molecule has 0 fully saturated rings. The molecule has 0 bridgehead atoms. The molecule has 0 aliphatic carbocycles. The molecule has 0 atom stereocenters. The fourth-order valence-electron chi connectivity index (χ4n) is 1.65. The van der Waals surface area contributed by atoms with Crippen molar-refractivity contribution in [1.29, 1.82) is 0 Å². The summed E-state index contributed by atoms with van der Waals surface area (Å²) in [5.74, 6) is 0. The van der Waals surface area contributed by atoms with E-state index in [0.29, 0.717) is 0 Å². The van der Waals surface area contributed by atoms with Crippen molar-refractivity contribution in [3.8, 4) is 10.7 Å². The first kappa shape index (κ1) is 9.36. The fraction of sp³-hybridized carbons (Fsp3) is 0. The maximum absolute atomic E-state index is 2.12. The third-order valence-corrected chi connectivity index (χ3v) is 3.33. The maximum atomic E-state index is 2.12. The van der Waals surface area contributed by atoms with Gasteiger partial charge in [-0.15, -0.1) is 11.3 Å². The third kappa shape index (κ3) is 1.66. The number of benzene rings is 1. The standard InChI is InChI=1S/C13H11N2S/c1-2-5-12(6-3-1)14-8-9-15(11-14)13-7-4-10-16-13/h1-11H/q+1. The number of thiophene rings is 1. The van der Waals surface area contributed by atoms with Crippen molar-refractivity contribution in [1.82, 2.24) is 4.57 Å². The molecule has 0 saturated carbocycles. The van der Waals surface area contributed by atoms with E-state index in [0.717, 1.165) is 0 Å². The number of nitrogens with zero attached hydrogens (tertiary/aromatic N) is 2. The Kier molecular flexibility index (Phi) is 2.31. The van der Waals surface area contributed by atoms with Crippen molar-refractivity contribution in [3.63, 3.8) is 0 Å². The summed E-state index contributed by atoms with van der Waals surface area (Å²) in [5.41, 5.74) is 1.18. The molecule has 3 heteroatoms. The average Bonchev–Trinajstić information content (AvgIpc) is 3.01. The number of imidazole rings is 1. The topological polar surface area (TPSA) is 8.81 Å². The Morgan fingerprint density at radius 3 is 2.62 bits per heavy atom. The smallest absolute Gasteiger partial charge is 0.202 e. The minimum absolute atomic E-state index is 1.18. The van der Waals surface area contributed by atoms with E-state index in [-0.39, 0.29) is 0 Å². The van der Waals surface area contributed by atoms with Gasteiger partial charge >= 0.3 is 0 Å². The van der Waals surface area contributed by atoms with Crippen molar-refractivity contribution >= 4 is 11.3 Å². The van der Waals surface area contributed by atoms with Crippen LogP contribution in [0.2, 0.25) is 0 Å². The number of para-hydroxylation sites is 1. The summed E-state index contributed by atoms with van der Waals surface area (Å²) in [7, 11) is 0. The van der Waals surface area contributed by atoms with Crippen LogP contribution < -0.4 is 4.57 Å². The lowest BCUT2D eigenvalue weighted by Crippen LogP contribution is -2.25. The van der Waals surface area contributed by atoms with Gasteiger partial charge < -0.3 is 0 Å². The molecule has 0 unspecified atom stereocenters. The van der Waals surface area contributed by atoms with Crippen LogP contribution in [0.15, 0.2) is 66.6 Å². The van der Waals surface area contributed by atoms with Gasteiger partial charge in [-0.1, -0.05) is 18.2 Å². The Morgan fingerprint density at radius 2 is 1.88 bits per heavy atom. The second-order valence-electron chi connectivity index (χ2n) is 3.51. The van der Waals surface area contributed by atoms with Gasteiger partial charge in [-0.25, -0.2) is 4.57 Å². The monoisotopic (exact) mass is 227 g/mol. The normalized spacial score (nSPS) is 10.5. The molecule has 78 valence electrons. The summed E-state index contributed by atoms with van der Waals surface area (Å²) < 4.78 is 4.23. The predicted molar refractivity (Wildman–Crippen MR) is 65.2 cm³/mol. The Balaban J connectivity index is 2.00. The summed E-state index contributed by atoms with van der Waals surface area (Å²) in [4.78, 5) is 0. The van der Waals surface area contributed by atoms with Crippen LogP contribution in [0.5, 0.6) is 0 Å². The van der Waals surface area contributed by atoms with E-state index < -0.39 is 0 Å². The molecule has 2 aromatic heterocycles. The molecule has 3 aromatic rings. The van der Waals surface area contributed by atoms with E-state index in [1.165, 1.54) is 10.7 Å². The highest BCUT2D eigenvalue weighted by Gasteiger charge is 2.08. The summed E-state index contributed by atoms with van der Waals surface area (Å²) in [5, 5.41) is 3.32. The third-order valence-electron chi connectivity index (χ3n) is 2.45. The molecule has 0 spiro atoms. The van der Waals surface area contributed by atoms with Crippen LogP contribution in [0.4, 0.5) is 0 Å². The number of hydrogen-bond acceptors (Lipinski definition) is 1. The van der Waals surface area contributed by atoms with Gasteiger partial charge in [0.25, 0.3) is 6.33 Å². The van der Waals surface area contributed by atoms with Gasteiger partial charge in [0, 0.05) is 0 Å². The maximum Gasteiger partial charge on any atom is 0.254 e. The molecule has 0 saturated heterocycles. The first-order chi connectivity index (χ1) is 7.93. The number of hydrogen-bond donors (Lipinski definition) is 0. The van der Waals surface area contributed by atoms with Crippen LogP contribution in [-0.4, -0.2) is 4.57 Å². The van der Waals surface area contributed by atoms with Gasteiger partial charge in [0.2, 0.25) is 0 Å². The van der Waals surface area contributed by atoms with E-state index in [9.17, 15) is 0 Å². The lowest BCUT2D eigenvalue weighted by Gasteiger charge is -1.92. The SMILES string of the molecule is c1ccc(-n2cc[n+](-c3cccs3)c2)cc1. The molecule has 0 amide bonds. The number of aromatic nitrogens is 2. The Morgan fingerprint density at radius 1 is 1.00 bits per heavy atom. The quantitative estimate of drug-likeness (QED) is 0.595. The van der Waals surface area contributed by atoms with Crippen LogP contribution in [0.3, 0.4) is 0 Å². The molecule has 3 rings (SSSR count). The molecule has 16 heavy (non-hydrogen) atoms. The van der Waals surface area contributed by atoms with Crippen molar-refractivity contribution in [2.24, 2.45) is 0 Å². The highest BCUT2D eigenvalue weighted by molar-refractivity contribution is 7.11. The summed E-state index contributed by atoms with van der Waals surface area (Å²) in [6.07, 6.45) is 6.22. The summed E-state index contributed by atoms with van der Waals surface area (Å²) in [6, 6.07) is 14.5. The Labute approximate surface area is 98.0 Å². The van der Waals surface area contributed by atoms with Gasteiger partial charge in [0.15, 0.2) is 5.00 Å². The van der Waals surface area contributed by atoms with Crippen molar-refractivity contribution in [3.05, 3.63) is 66.6 Å². The lowest BCUT2D eigenvalue weighted by molar-refractivity contribution is -0.590. The van der Waals surface area contributed by atoms with Gasteiger partial charge in [-0.3, -0.25) is 0 Å². The van der Waals surface area contributed by atoms with Crippen molar-refractivity contribution < 1.29 is 4.57 Å². The lowest BCUT2D eigenvalue weighted by atomic mass is 10.3. The van der Waals surface area contributed by atoms with Gasteiger partial charge in [0.1, 0.15) is 18.1 Å². The molecule has 2 heterocycles. The van der Waals surface area contributed by atoms with Gasteiger partial charge in [-0.2, -0.15) is 4.57 Å². The number of rotatable bonds is 2. The van der Waals surface area contributed by atoms with Gasteiger partial charge in [0.05, 0.1) is 0 Å². The predicted octanol–water partition coefficient (Wildman–Crippen LogP) is 2.82. The second kappa shape index (κ2) is 3.94. The molecular formula is C13H11N2S+. The average molecular weight is 227 g/mol. The summed E-state index contributed by atoms with van der Waals surface area (Å²) >= 11 is 1.73. The van der Waals surface area contributed by atoms with E-state index in [4.69, 9.17) is 0 Å². The fourth-order valence-corrected chi connectivity index (χ4v) is 2.34. The zero-order chi connectivity index (χ0) is 10.8. The largest absolute Gasteiger partial charge is 0.254 e. The van der Waals surface area contributed by atoms with E-state index in [1.54, 1.807) is 11.3 Å². The first-order valence-electron chi connectivity index (χ1n) is 5.12. The van der Waals surface area contributed by atoms with Crippen LogP contribution in [0, 0.1) is 0 Å². The molecule has 2 nitrogen and oxygen atoms in total. The minimum atomic E-state index is 1.18. The minimum Gasteiger partial charge on any atom is -0.202 e. The van der Waals surface area contributed by atoms with E-state index >= 15 is 0 Å². The highest BCUT2D eigenvalue weighted by Crippen LogP contribution is 2.09. The first-order valence-corrected chi connectivity index (χ1v) is 6.00. The van der Waals surface area contributed by atoms with Crippen molar-refractivity contribution in [2.45, 2.75) is 0 Å². The molecule has 1 aromatic carbocycles.